The monoisotopic (exact) mass is 247 g/mol. The van der Waals surface area contributed by atoms with E-state index in [9.17, 15) is 5.26 Å². The second-order valence-corrected chi connectivity index (χ2v) is 4.64. The molecule has 0 aliphatic heterocycles. The van der Waals surface area contributed by atoms with Crippen LogP contribution in [0.5, 0.6) is 0 Å². The van der Waals surface area contributed by atoms with Gasteiger partial charge >= 0.3 is 0 Å². The quantitative estimate of drug-likeness (QED) is 0.724. The maximum Gasteiger partial charge on any atom is 0.100 e. The smallest absolute Gasteiger partial charge is 0.100 e. The van der Waals surface area contributed by atoms with E-state index in [1.807, 2.05) is 48.5 Å². The number of hydrogen-bond donors (Lipinski definition) is 0. The van der Waals surface area contributed by atoms with Crippen molar-refractivity contribution in [1.29, 1.82) is 5.26 Å². The molecule has 2 aromatic carbocycles. The summed E-state index contributed by atoms with van der Waals surface area (Å²) in [6, 6.07) is 22.6. The zero-order valence-corrected chi connectivity index (χ0v) is 10.9. The molecule has 0 N–H and O–H groups in total. The van der Waals surface area contributed by atoms with Crippen molar-refractivity contribution in [2.45, 2.75) is 18.3 Å². The number of nitriles is 1. The molecular weight excluding hydrogens is 230 g/mol. The van der Waals surface area contributed by atoms with Crippen LogP contribution >= 0.6 is 0 Å². The Hall–Kier alpha value is -2.33. The lowest BCUT2D eigenvalue weighted by Crippen LogP contribution is -2.21. The van der Waals surface area contributed by atoms with E-state index in [-0.39, 0.29) is 0 Å². The van der Waals surface area contributed by atoms with E-state index in [0.29, 0.717) is 0 Å². The van der Waals surface area contributed by atoms with Gasteiger partial charge in [0.05, 0.1) is 6.07 Å². The first kappa shape index (κ1) is 13.1. The average Bonchev–Trinajstić information content (AvgIpc) is 2.51. The van der Waals surface area contributed by atoms with Crippen molar-refractivity contribution >= 4 is 0 Å². The summed E-state index contributed by atoms with van der Waals surface area (Å²) >= 11 is 0. The lowest BCUT2D eigenvalue weighted by molar-refractivity contribution is 0.615. The summed E-state index contributed by atoms with van der Waals surface area (Å²) in [6.45, 7) is 3.87. The van der Waals surface area contributed by atoms with Crippen molar-refractivity contribution in [2.24, 2.45) is 0 Å². The molecule has 2 aromatic rings. The van der Waals surface area contributed by atoms with Crippen LogP contribution in [0.15, 0.2) is 73.3 Å². The van der Waals surface area contributed by atoms with Gasteiger partial charge in [-0.2, -0.15) is 5.26 Å². The summed E-state index contributed by atoms with van der Waals surface area (Å²) < 4.78 is 0. The van der Waals surface area contributed by atoms with Gasteiger partial charge in [-0.3, -0.25) is 0 Å². The Bertz CT molecular complexity index is 566. The fourth-order valence-electron chi connectivity index (χ4n) is 2.25. The van der Waals surface area contributed by atoms with Crippen molar-refractivity contribution < 1.29 is 0 Å². The molecule has 0 heterocycles. The standard InChI is InChI=1S/C18H17N/c1-2-18(15-19,17-11-7-4-8-12-17)14-13-16-9-5-3-6-10-16/h2-12H,1,13-14H2. The molecule has 0 radical (unpaired) electrons. The molecule has 0 saturated heterocycles. The van der Waals surface area contributed by atoms with Crippen LogP contribution in [0.3, 0.4) is 0 Å². The first-order valence-corrected chi connectivity index (χ1v) is 6.45. The summed E-state index contributed by atoms with van der Waals surface area (Å²) in [4.78, 5) is 0. The molecule has 94 valence electrons. The molecule has 0 bridgehead atoms. The van der Waals surface area contributed by atoms with Crippen LogP contribution in [0, 0.1) is 11.3 Å². The Morgan fingerprint density at radius 3 is 2.11 bits per heavy atom. The van der Waals surface area contributed by atoms with Crippen LogP contribution < -0.4 is 0 Å². The molecule has 1 atom stereocenters. The van der Waals surface area contributed by atoms with Gasteiger partial charge in [-0.25, -0.2) is 0 Å². The van der Waals surface area contributed by atoms with Crippen LogP contribution in [0.1, 0.15) is 17.5 Å². The van der Waals surface area contributed by atoms with Gasteiger partial charge in [0.25, 0.3) is 0 Å². The van der Waals surface area contributed by atoms with Gasteiger partial charge in [0.15, 0.2) is 0 Å². The zero-order valence-electron chi connectivity index (χ0n) is 10.9. The molecule has 0 spiro atoms. The molecule has 2 rings (SSSR count). The molecular formula is C18H17N. The molecule has 1 nitrogen and oxygen atoms in total. The maximum absolute atomic E-state index is 9.59. The van der Waals surface area contributed by atoms with E-state index in [0.717, 1.165) is 18.4 Å². The van der Waals surface area contributed by atoms with Crippen LogP contribution in [0.25, 0.3) is 0 Å². The van der Waals surface area contributed by atoms with Crippen molar-refractivity contribution in [1.82, 2.24) is 0 Å². The lowest BCUT2D eigenvalue weighted by atomic mass is 9.77. The third-order valence-corrected chi connectivity index (χ3v) is 3.49. The number of allylic oxidation sites excluding steroid dienone is 1. The first-order chi connectivity index (χ1) is 9.30. The highest BCUT2D eigenvalue weighted by atomic mass is 14.4. The molecule has 0 aromatic heterocycles. The van der Waals surface area contributed by atoms with E-state index < -0.39 is 5.41 Å². The molecule has 19 heavy (non-hydrogen) atoms. The highest BCUT2D eigenvalue weighted by molar-refractivity contribution is 5.38. The highest BCUT2D eigenvalue weighted by Gasteiger charge is 2.28. The van der Waals surface area contributed by atoms with Crippen LogP contribution in [-0.4, -0.2) is 0 Å². The summed E-state index contributed by atoms with van der Waals surface area (Å²) in [5.41, 5.74) is 1.67. The molecule has 0 amide bonds. The lowest BCUT2D eigenvalue weighted by Gasteiger charge is -2.23. The van der Waals surface area contributed by atoms with Gasteiger partial charge in [-0.1, -0.05) is 66.7 Å². The van der Waals surface area contributed by atoms with Crippen LogP contribution in [0.4, 0.5) is 0 Å². The largest absolute Gasteiger partial charge is 0.197 e. The Morgan fingerprint density at radius 2 is 1.58 bits per heavy atom. The summed E-state index contributed by atoms with van der Waals surface area (Å²) in [5, 5.41) is 9.59. The first-order valence-electron chi connectivity index (χ1n) is 6.45. The van der Waals surface area contributed by atoms with Crippen molar-refractivity contribution in [3.8, 4) is 6.07 Å². The van der Waals surface area contributed by atoms with Gasteiger partial charge in [0.1, 0.15) is 5.41 Å². The zero-order chi connectivity index (χ0) is 13.6. The number of hydrogen-bond acceptors (Lipinski definition) is 1. The van der Waals surface area contributed by atoms with E-state index in [2.05, 4.69) is 24.8 Å². The predicted octanol–water partition coefficient (Wildman–Crippen LogP) is 4.27. The van der Waals surface area contributed by atoms with Crippen molar-refractivity contribution in [3.63, 3.8) is 0 Å². The summed E-state index contributed by atoms with van der Waals surface area (Å²) in [5.74, 6) is 0. The number of nitrogens with zero attached hydrogens (tertiary/aromatic N) is 1. The topological polar surface area (TPSA) is 23.8 Å². The summed E-state index contributed by atoms with van der Waals surface area (Å²) in [6.07, 6.45) is 3.39. The van der Waals surface area contributed by atoms with E-state index in [4.69, 9.17) is 0 Å². The summed E-state index contributed by atoms with van der Waals surface area (Å²) in [7, 11) is 0. The van der Waals surface area contributed by atoms with Gasteiger partial charge in [0.2, 0.25) is 0 Å². The Balaban J connectivity index is 2.22. The minimum Gasteiger partial charge on any atom is -0.197 e. The Morgan fingerprint density at radius 1 is 1.00 bits per heavy atom. The number of aryl methyl sites for hydroxylation is 1. The third kappa shape index (κ3) is 2.92. The molecule has 1 heteroatoms. The second kappa shape index (κ2) is 6.02. The highest BCUT2D eigenvalue weighted by Crippen LogP contribution is 2.30. The average molecular weight is 247 g/mol. The van der Waals surface area contributed by atoms with Gasteiger partial charge in [-0.15, -0.1) is 6.58 Å². The Kier molecular flexibility index (Phi) is 4.15. The fraction of sp³-hybridized carbons (Fsp3) is 0.167. The van der Waals surface area contributed by atoms with Crippen LogP contribution in [-0.2, 0) is 11.8 Å². The molecule has 0 fully saturated rings. The minimum absolute atomic E-state index is 0.600. The number of benzene rings is 2. The molecule has 0 aliphatic carbocycles. The normalized spacial score (nSPS) is 13.2. The maximum atomic E-state index is 9.59. The molecule has 0 saturated carbocycles. The molecule has 0 aliphatic rings. The second-order valence-electron chi connectivity index (χ2n) is 4.64. The minimum atomic E-state index is -0.600. The van der Waals surface area contributed by atoms with Crippen molar-refractivity contribution in [3.05, 3.63) is 84.4 Å². The van der Waals surface area contributed by atoms with Gasteiger partial charge in [0, 0.05) is 0 Å². The SMILES string of the molecule is C=CC(C#N)(CCc1ccccc1)c1ccccc1. The number of rotatable bonds is 5. The third-order valence-electron chi connectivity index (χ3n) is 3.49. The van der Waals surface area contributed by atoms with E-state index >= 15 is 0 Å². The van der Waals surface area contributed by atoms with Crippen molar-refractivity contribution in [2.75, 3.05) is 0 Å². The predicted molar refractivity (Wildman–Crippen MR) is 78.7 cm³/mol. The Labute approximate surface area is 114 Å². The van der Waals surface area contributed by atoms with Gasteiger partial charge < -0.3 is 0 Å². The molecule has 1 unspecified atom stereocenters. The fourth-order valence-corrected chi connectivity index (χ4v) is 2.25. The van der Waals surface area contributed by atoms with Crippen LogP contribution in [0.2, 0.25) is 0 Å². The van der Waals surface area contributed by atoms with E-state index in [1.165, 1.54) is 5.56 Å². The van der Waals surface area contributed by atoms with Gasteiger partial charge in [-0.05, 0) is 24.0 Å². The van der Waals surface area contributed by atoms with E-state index in [1.54, 1.807) is 6.08 Å².